The Morgan fingerprint density at radius 2 is 2.16 bits per heavy atom. The lowest BCUT2D eigenvalue weighted by atomic mass is 10.0. The highest BCUT2D eigenvalue weighted by atomic mass is 16.5. The highest BCUT2D eigenvalue weighted by Gasteiger charge is 2.14. The number of benzene rings is 1. The van der Waals surface area contributed by atoms with Crippen molar-refractivity contribution in [3.8, 4) is 0 Å². The van der Waals surface area contributed by atoms with E-state index in [0.717, 1.165) is 37.1 Å². The molecule has 0 radical (unpaired) electrons. The molecule has 1 aromatic rings. The molecule has 0 aromatic heterocycles. The van der Waals surface area contributed by atoms with Crippen LogP contribution in [0.4, 0.5) is 0 Å². The molecule has 2 rings (SSSR count). The summed E-state index contributed by atoms with van der Waals surface area (Å²) in [6.45, 7) is 2.55. The van der Waals surface area contributed by atoms with Gasteiger partial charge in [0.2, 0.25) is 0 Å². The van der Waals surface area contributed by atoms with E-state index in [-0.39, 0.29) is 12.1 Å². The van der Waals surface area contributed by atoms with E-state index in [1.54, 1.807) is 0 Å². The van der Waals surface area contributed by atoms with Crippen LogP contribution in [0.5, 0.6) is 0 Å². The van der Waals surface area contributed by atoms with Crippen molar-refractivity contribution >= 4 is 5.97 Å². The van der Waals surface area contributed by atoms with Crippen molar-refractivity contribution in [1.29, 1.82) is 0 Å². The van der Waals surface area contributed by atoms with Crippen LogP contribution in [0.2, 0.25) is 0 Å². The summed E-state index contributed by atoms with van der Waals surface area (Å²) in [6.07, 6.45) is 2.85. The average Bonchev–Trinajstić information content (AvgIpc) is 2.47. The van der Waals surface area contributed by atoms with Gasteiger partial charge >= 0.3 is 5.97 Å². The van der Waals surface area contributed by atoms with Crippen LogP contribution in [0, 0.1) is 0 Å². The minimum atomic E-state index is -0.216. The Balaban J connectivity index is 1.93. The van der Waals surface area contributed by atoms with Crippen molar-refractivity contribution in [2.75, 3.05) is 20.2 Å². The standard InChI is InChI=1S/C15H21NO3/c1-18-15(17)9-12-5-2-3-6-13(12)11-19-14-7-4-8-16-10-14/h2-3,5-6,14,16H,4,7-11H2,1H3. The quantitative estimate of drug-likeness (QED) is 0.821. The zero-order valence-electron chi connectivity index (χ0n) is 11.4. The molecule has 1 unspecified atom stereocenters. The molecule has 0 bridgehead atoms. The highest BCUT2D eigenvalue weighted by Crippen LogP contribution is 2.14. The van der Waals surface area contributed by atoms with E-state index in [9.17, 15) is 4.79 Å². The van der Waals surface area contributed by atoms with Gasteiger partial charge in [0.15, 0.2) is 0 Å². The zero-order valence-corrected chi connectivity index (χ0v) is 11.4. The van der Waals surface area contributed by atoms with Crippen molar-refractivity contribution in [3.05, 3.63) is 35.4 Å². The molecule has 1 N–H and O–H groups in total. The third kappa shape index (κ3) is 4.33. The summed E-state index contributed by atoms with van der Waals surface area (Å²) in [7, 11) is 1.41. The van der Waals surface area contributed by atoms with E-state index in [1.807, 2.05) is 24.3 Å². The van der Waals surface area contributed by atoms with Crippen molar-refractivity contribution in [2.45, 2.75) is 32.0 Å². The molecule has 0 saturated carbocycles. The highest BCUT2D eigenvalue weighted by molar-refractivity contribution is 5.72. The van der Waals surface area contributed by atoms with Gasteiger partial charge in [-0.3, -0.25) is 4.79 Å². The summed E-state index contributed by atoms with van der Waals surface area (Å²) in [4.78, 5) is 11.4. The van der Waals surface area contributed by atoms with Gasteiger partial charge in [-0.15, -0.1) is 0 Å². The average molecular weight is 263 g/mol. The van der Waals surface area contributed by atoms with Crippen LogP contribution in [-0.4, -0.2) is 32.3 Å². The zero-order chi connectivity index (χ0) is 13.5. The summed E-state index contributed by atoms with van der Waals surface area (Å²) in [5.74, 6) is -0.216. The summed E-state index contributed by atoms with van der Waals surface area (Å²) in [5, 5.41) is 3.33. The maximum absolute atomic E-state index is 11.4. The van der Waals surface area contributed by atoms with E-state index in [2.05, 4.69) is 5.32 Å². The van der Waals surface area contributed by atoms with Gasteiger partial charge in [0.1, 0.15) is 0 Å². The molecular formula is C15H21NO3. The van der Waals surface area contributed by atoms with Crippen molar-refractivity contribution < 1.29 is 14.3 Å². The minimum Gasteiger partial charge on any atom is -0.469 e. The van der Waals surface area contributed by atoms with Crippen LogP contribution in [0.25, 0.3) is 0 Å². The smallest absolute Gasteiger partial charge is 0.309 e. The number of piperidine rings is 1. The number of carbonyl (C=O) groups is 1. The van der Waals surface area contributed by atoms with Crippen LogP contribution in [0.15, 0.2) is 24.3 Å². The van der Waals surface area contributed by atoms with Crippen LogP contribution in [0.1, 0.15) is 24.0 Å². The molecule has 4 nitrogen and oxygen atoms in total. The molecule has 104 valence electrons. The first-order valence-electron chi connectivity index (χ1n) is 6.75. The number of hydrogen-bond donors (Lipinski definition) is 1. The summed E-state index contributed by atoms with van der Waals surface area (Å²) >= 11 is 0. The molecule has 0 aliphatic carbocycles. The summed E-state index contributed by atoms with van der Waals surface area (Å²) in [5.41, 5.74) is 2.05. The predicted octanol–water partition coefficient (Wildman–Crippen LogP) is 1.67. The van der Waals surface area contributed by atoms with Crippen LogP contribution in [-0.2, 0) is 27.3 Å². The first-order chi connectivity index (χ1) is 9.29. The fraction of sp³-hybridized carbons (Fsp3) is 0.533. The second-order valence-corrected chi connectivity index (χ2v) is 4.80. The molecule has 0 amide bonds. The molecule has 1 aromatic carbocycles. The second kappa shape index (κ2) is 7.26. The fourth-order valence-corrected chi connectivity index (χ4v) is 2.27. The lowest BCUT2D eigenvalue weighted by molar-refractivity contribution is -0.139. The lowest BCUT2D eigenvalue weighted by Crippen LogP contribution is -2.35. The Bertz CT molecular complexity index is 414. The molecule has 1 saturated heterocycles. The van der Waals surface area contributed by atoms with Gasteiger partial charge in [0, 0.05) is 6.54 Å². The number of rotatable bonds is 5. The summed E-state index contributed by atoms with van der Waals surface area (Å²) < 4.78 is 10.6. The molecule has 1 aliphatic rings. The Morgan fingerprint density at radius 3 is 2.84 bits per heavy atom. The Morgan fingerprint density at radius 1 is 1.37 bits per heavy atom. The first kappa shape index (κ1) is 14.0. The van der Waals surface area contributed by atoms with E-state index >= 15 is 0 Å². The number of ether oxygens (including phenoxy) is 2. The third-order valence-electron chi connectivity index (χ3n) is 3.41. The molecule has 1 atom stereocenters. The van der Waals surface area contributed by atoms with Crippen molar-refractivity contribution in [2.24, 2.45) is 0 Å². The normalized spacial score (nSPS) is 19.1. The van der Waals surface area contributed by atoms with Gasteiger partial charge in [0.25, 0.3) is 0 Å². The number of esters is 1. The fourth-order valence-electron chi connectivity index (χ4n) is 2.27. The number of hydrogen-bond acceptors (Lipinski definition) is 4. The van der Waals surface area contributed by atoms with E-state index < -0.39 is 0 Å². The molecule has 1 fully saturated rings. The second-order valence-electron chi connectivity index (χ2n) is 4.80. The maximum Gasteiger partial charge on any atom is 0.309 e. The SMILES string of the molecule is COC(=O)Cc1ccccc1COC1CCCNC1. The molecule has 19 heavy (non-hydrogen) atoms. The van der Waals surface area contributed by atoms with Crippen LogP contribution < -0.4 is 5.32 Å². The van der Waals surface area contributed by atoms with E-state index in [1.165, 1.54) is 7.11 Å². The molecule has 1 heterocycles. The van der Waals surface area contributed by atoms with E-state index in [4.69, 9.17) is 9.47 Å². The number of nitrogens with one attached hydrogen (secondary N) is 1. The minimum absolute atomic E-state index is 0.216. The van der Waals surface area contributed by atoms with Crippen molar-refractivity contribution in [3.63, 3.8) is 0 Å². The predicted molar refractivity (Wildman–Crippen MR) is 72.8 cm³/mol. The molecule has 4 heteroatoms. The molecule has 0 spiro atoms. The van der Waals surface area contributed by atoms with Crippen LogP contribution in [0.3, 0.4) is 0 Å². The van der Waals surface area contributed by atoms with Crippen molar-refractivity contribution in [1.82, 2.24) is 5.32 Å². The monoisotopic (exact) mass is 263 g/mol. The largest absolute Gasteiger partial charge is 0.469 e. The third-order valence-corrected chi connectivity index (χ3v) is 3.41. The van der Waals surface area contributed by atoms with Crippen LogP contribution >= 0.6 is 0 Å². The van der Waals surface area contributed by atoms with Gasteiger partial charge in [-0.05, 0) is 30.5 Å². The van der Waals surface area contributed by atoms with E-state index in [0.29, 0.717) is 13.0 Å². The first-order valence-corrected chi connectivity index (χ1v) is 6.75. The van der Waals surface area contributed by atoms with Gasteiger partial charge in [-0.2, -0.15) is 0 Å². The van der Waals surface area contributed by atoms with Gasteiger partial charge in [-0.25, -0.2) is 0 Å². The Hall–Kier alpha value is -1.39. The Labute approximate surface area is 114 Å². The number of methoxy groups -OCH3 is 1. The maximum atomic E-state index is 11.4. The molecular weight excluding hydrogens is 242 g/mol. The van der Waals surface area contributed by atoms with Gasteiger partial charge < -0.3 is 14.8 Å². The Kier molecular flexibility index (Phi) is 5.36. The lowest BCUT2D eigenvalue weighted by Gasteiger charge is -2.23. The topological polar surface area (TPSA) is 47.6 Å². The number of carbonyl (C=O) groups excluding carboxylic acids is 1. The summed E-state index contributed by atoms with van der Waals surface area (Å²) in [6, 6.07) is 7.87. The van der Waals surface area contributed by atoms with Gasteiger partial charge in [0.05, 0.1) is 26.2 Å². The molecule has 1 aliphatic heterocycles. The van der Waals surface area contributed by atoms with Gasteiger partial charge in [-0.1, -0.05) is 24.3 Å².